The maximum atomic E-state index is 4.13. The molecule has 0 aliphatic carbocycles. The van der Waals surface area contributed by atoms with E-state index in [1.165, 1.54) is 0 Å². The van der Waals surface area contributed by atoms with Gasteiger partial charge in [0.1, 0.15) is 0 Å². The fourth-order valence-electron chi connectivity index (χ4n) is 5.83. The van der Waals surface area contributed by atoms with Crippen molar-refractivity contribution in [1.82, 2.24) is 41.1 Å². The first-order valence-electron chi connectivity index (χ1n) is 14.4. The summed E-state index contributed by atoms with van der Waals surface area (Å²) in [6, 6.07) is 0.546. The van der Waals surface area contributed by atoms with Gasteiger partial charge >= 0.3 is 0 Å². The van der Waals surface area contributed by atoms with Crippen LogP contribution in [0.25, 0.3) is 0 Å². The Kier molecular flexibility index (Phi) is 17.1. The zero-order chi connectivity index (χ0) is 27.2. The zero-order valence-electron chi connectivity index (χ0n) is 25.9. The molecule has 0 bridgehead atoms. The van der Waals surface area contributed by atoms with Crippen molar-refractivity contribution < 1.29 is 0 Å². The highest BCUT2D eigenvalue weighted by molar-refractivity contribution is 5.14. The molecule has 0 aromatic carbocycles. The van der Waals surface area contributed by atoms with Crippen molar-refractivity contribution in [2.45, 2.75) is 118 Å². The number of hydrogen-bond donors (Lipinski definition) is 4. The van der Waals surface area contributed by atoms with Gasteiger partial charge in [-0.1, -0.05) is 41.5 Å². The Morgan fingerprint density at radius 1 is 0.743 bits per heavy atom. The summed E-state index contributed by atoms with van der Waals surface area (Å²) in [7, 11) is 6.53. The van der Waals surface area contributed by atoms with Gasteiger partial charge in [0.25, 0.3) is 0 Å². The van der Waals surface area contributed by atoms with Crippen LogP contribution >= 0.6 is 0 Å². The van der Waals surface area contributed by atoms with E-state index in [0.29, 0.717) is 6.04 Å². The molecular formula is C27H64N8. The van der Waals surface area contributed by atoms with E-state index in [4.69, 9.17) is 0 Å². The van der Waals surface area contributed by atoms with Crippen LogP contribution in [0.2, 0.25) is 0 Å². The smallest absolute Gasteiger partial charge is 0.163 e. The van der Waals surface area contributed by atoms with Gasteiger partial charge in [-0.2, -0.15) is 0 Å². The average molecular weight is 501 g/mol. The molecule has 0 aromatic rings. The Morgan fingerprint density at radius 3 is 1.60 bits per heavy atom. The van der Waals surface area contributed by atoms with Crippen molar-refractivity contribution in [3.05, 3.63) is 0 Å². The standard InChI is InChI=1S/C27H64N8/c1-14-20-30-27(29-17-4,33(18-5)19-6)26(25(28-11)32(12)13,34(21-15-2)22-16-3)35(24(9)10)31-23(7)8/h23-25,28-31H,14-22H2,1-13H3. The van der Waals surface area contributed by atoms with Crippen LogP contribution in [0, 0.1) is 0 Å². The molecule has 0 aromatic heterocycles. The molecule has 0 saturated carbocycles. The molecule has 4 N–H and O–H groups in total. The second-order valence-corrected chi connectivity index (χ2v) is 10.5. The summed E-state index contributed by atoms with van der Waals surface area (Å²) in [5.41, 5.74) is 3.44. The normalized spacial score (nSPS) is 17.2. The summed E-state index contributed by atoms with van der Waals surface area (Å²) < 4.78 is 0. The van der Waals surface area contributed by atoms with Crippen LogP contribution in [-0.2, 0) is 0 Å². The number of hydrogen-bond acceptors (Lipinski definition) is 8. The number of hydrazine groups is 1. The van der Waals surface area contributed by atoms with Crippen LogP contribution in [0.3, 0.4) is 0 Å². The fraction of sp³-hybridized carbons (Fsp3) is 1.00. The van der Waals surface area contributed by atoms with E-state index in [1.54, 1.807) is 0 Å². The number of nitrogens with one attached hydrogen (secondary N) is 4. The molecule has 3 atom stereocenters. The van der Waals surface area contributed by atoms with Gasteiger partial charge in [0.2, 0.25) is 0 Å². The second-order valence-electron chi connectivity index (χ2n) is 10.5. The van der Waals surface area contributed by atoms with Crippen LogP contribution in [0.1, 0.15) is 88.5 Å². The summed E-state index contributed by atoms with van der Waals surface area (Å²) in [6.07, 6.45) is 3.26. The molecule has 3 unspecified atom stereocenters. The lowest BCUT2D eigenvalue weighted by Gasteiger charge is -2.67. The van der Waals surface area contributed by atoms with Gasteiger partial charge in [0.05, 0.1) is 6.17 Å². The molecule has 0 saturated heterocycles. The van der Waals surface area contributed by atoms with Crippen LogP contribution in [-0.4, -0.2) is 110 Å². The van der Waals surface area contributed by atoms with Gasteiger partial charge in [-0.25, -0.2) is 5.01 Å². The molecule has 0 radical (unpaired) electrons. The van der Waals surface area contributed by atoms with E-state index in [2.05, 4.69) is 131 Å². The molecule has 8 heteroatoms. The van der Waals surface area contributed by atoms with Crippen molar-refractivity contribution in [1.29, 1.82) is 0 Å². The lowest BCUT2D eigenvalue weighted by atomic mass is 9.87. The molecule has 212 valence electrons. The Hall–Kier alpha value is -0.320. The molecule has 8 nitrogen and oxygen atoms in total. The summed E-state index contributed by atoms with van der Waals surface area (Å²) in [4.78, 5) is 7.71. The molecule has 0 heterocycles. The highest BCUT2D eigenvalue weighted by atomic mass is 15.7. The van der Waals surface area contributed by atoms with E-state index < -0.39 is 11.4 Å². The SMILES string of the molecule is CCCNC(NCC)(N(CC)CC)C(C(NC)N(C)C)(N(CCC)CCC)N(NC(C)C)C(C)C. The van der Waals surface area contributed by atoms with E-state index in [0.717, 1.165) is 58.5 Å². The summed E-state index contributed by atoms with van der Waals surface area (Å²) in [6.45, 7) is 28.5. The number of likely N-dealkylation sites (N-methyl/N-ethyl adjacent to an activating group) is 4. The molecule has 0 fully saturated rings. The van der Waals surface area contributed by atoms with Crippen molar-refractivity contribution >= 4 is 0 Å². The monoisotopic (exact) mass is 501 g/mol. The van der Waals surface area contributed by atoms with Crippen LogP contribution in [0.15, 0.2) is 0 Å². The highest BCUT2D eigenvalue weighted by Crippen LogP contribution is 2.39. The van der Waals surface area contributed by atoms with E-state index in [9.17, 15) is 0 Å². The third-order valence-electron chi connectivity index (χ3n) is 6.75. The summed E-state index contributed by atoms with van der Waals surface area (Å²) >= 11 is 0. The van der Waals surface area contributed by atoms with Gasteiger partial charge in [-0.3, -0.25) is 30.8 Å². The predicted molar refractivity (Wildman–Crippen MR) is 154 cm³/mol. The topological polar surface area (TPSA) is 61.1 Å². The van der Waals surface area contributed by atoms with Crippen molar-refractivity contribution in [2.24, 2.45) is 0 Å². The van der Waals surface area contributed by atoms with Crippen molar-refractivity contribution in [3.63, 3.8) is 0 Å². The maximum Gasteiger partial charge on any atom is 0.163 e. The minimum Gasteiger partial charge on any atom is -0.302 e. The zero-order valence-corrected chi connectivity index (χ0v) is 25.9. The minimum atomic E-state index is -0.532. The van der Waals surface area contributed by atoms with Gasteiger partial charge in [-0.05, 0) is 107 Å². The van der Waals surface area contributed by atoms with E-state index in [1.807, 2.05) is 0 Å². The van der Waals surface area contributed by atoms with Gasteiger partial charge in [0.15, 0.2) is 11.4 Å². The first-order valence-corrected chi connectivity index (χ1v) is 14.4. The molecule has 0 aliphatic heterocycles. The first-order chi connectivity index (χ1) is 16.6. The second kappa shape index (κ2) is 17.2. The number of nitrogens with zero attached hydrogens (tertiary/aromatic N) is 4. The van der Waals surface area contributed by atoms with Gasteiger partial charge in [0, 0.05) is 12.1 Å². The van der Waals surface area contributed by atoms with E-state index in [-0.39, 0.29) is 12.2 Å². The number of rotatable bonds is 21. The summed E-state index contributed by atoms with van der Waals surface area (Å²) in [5, 5.41) is 14.6. The Labute approximate surface area is 219 Å². The Balaban J connectivity index is 8.05. The van der Waals surface area contributed by atoms with Crippen molar-refractivity contribution in [2.75, 3.05) is 60.4 Å². The van der Waals surface area contributed by atoms with Gasteiger partial charge in [-0.15, -0.1) is 0 Å². The first kappa shape index (κ1) is 34.7. The van der Waals surface area contributed by atoms with E-state index >= 15 is 0 Å². The lowest BCUT2D eigenvalue weighted by Crippen LogP contribution is -2.94. The quantitative estimate of drug-likeness (QED) is 0.142. The largest absolute Gasteiger partial charge is 0.302 e. The molecule has 0 spiro atoms. The molecule has 0 rings (SSSR count). The van der Waals surface area contributed by atoms with Crippen molar-refractivity contribution in [3.8, 4) is 0 Å². The fourth-order valence-corrected chi connectivity index (χ4v) is 5.83. The molecule has 0 amide bonds. The van der Waals surface area contributed by atoms with Crippen LogP contribution < -0.4 is 21.4 Å². The predicted octanol–water partition coefficient (Wildman–Crippen LogP) is 3.14. The Bertz CT molecular complexity index is 519. The maximum absolute atomic E-state index is 4.13. The van der Waals surface area contributed by atoms with Gasteiger partial charge < -0.3 is 5.32 Å². The lowest BCUT2D eigenvalue weighted by molar-refractivity contribution is -0.251. The molecular weight excluding hydrogens is 436 g/mol. The molecule has 35 heavy (non-hydrogen) atoms. The third kappa shape index (κ3) is 7.84. The summed E-state index contributed by atoms with van der Waals surface area (Å²) in [5.74, 6) is -0.532. The highest BCUT2D eigenvalue weighted by Gasteiger charge is 2.65. The average Bonchev–Trinajstić information content (AvgIpc) is 2.79. The van der Waals surface area contributed by atoms with Crippen LogP contribution in [0.5, 0.6) is 0 Å². The van der Waals surface area contributed by atoms with Crippen LogP contribution in [0.4, 0.5) is 0 Å². The Morgan fingerprint density at radius 2 is 1.29 bits per heavy atom. The third-order valence-corrected chi connectivity index (χ3v) is 6.75. The molecule has 0 aliphatic rings. The minimum absolute atomic E-state index is 0.0123.